The molecule has 1 N–H and O–H groups in total. The van der Waals surface area contributed by atoms with Crippen molar-refractivity contribution in [2.75, 3.05) is 25.1 Å². The number of methoxy groups -OCH3 is 2. The molecular formula is C38H42FN3O6S. The third-order valence-electron chi connectivity index (χ3n) is 8.79. The van der Waals surface area contributed by atoms with Crippen LogP contribution < -0.4 is 19.1 Å². The van der Waals surface area contributed by atoms with E-state index in [9.17, 15) is 18.0 Å². The van der Waals surface area contributed by atoms with Gasteiger partial charge in [-0.05, 0) is 48.7 Å². The fraction of sp³-hybridized carbons (Fsp3) is 0.316. The van der Waals surface area contributed by atoms with Crippen molar-refractivity contribution in [3.63, 3.8) is 0 Å². The minimum absolute atomic E-state index is 0.0517. The van der Waals surface area contributed by atoms with Gasteiger partial charge in [0, 0.05) is 30.6 Å². The maximum absolute atomic E-state index is 15.2. The molecule has 0 saturated heterocycles. The molecule has 1 aliphatic rings. The molecule has 1 saturated carbocycles. The Morgan fingerprint density at radius 3 is 2.16 bits per heavy atom. The van der Waals surface area contributed by atoms with E-state index < -0.39 is 34.3 Å². The number of carbonyl (C=O) groups excluding carboxylic acids is 2. The number of nitrogens with zero attached hydrogens (tertiary/aromatic N) is 2. The maximum Gasteiger partial charge on any atom is 0.264 e. The monoisotopic (exact) mass is 687 g/mol. The molecule has 1 unspecified atom stereocenters. The molecule has 258 valence electrons. The number of anilines is 1. The third kappa shape index (κ3) is 8.77. The van der Waals surface area contributed by atoms with E-state index in [1.165, 1.54) is 43.4 Å². The van der Waals surface area contributed by atoms with Crippen LogP contribution in [-0.2, 0) is 32.6 Å². The molecule has 11 heteroatoms. The van der Waals surface area contributed by atoms with Gasteiger partial charge in [0.2, 0.25) is 11.8 Å². The van der Waals surface area contributed by atoms with Crippen molar-refractivity contribution in [1.29, 1.82) is 0 Å². The Kier molecular flexibility index (Phi) is 11.9. The fourth-order valence-corrected chi connectivity index (χ4v) is 7.57. The van der Waals surface area contributed by atoms with Gasteiger partial charge in [-0.15, -0.1) is 0 Å². The average molecular weight is 688 g/mol. The molecule has 4 aromatic carbocycles. The van der Waals surface area contributed by atoms with E-state index in [0.29, 0.717) is 5.75 Å². The number of rotatable bonds is 14. The Balaban J connectivity index is 1.61. The second-order valence-electron chi connectivity index (χ2n) is 12.0. The first-order valence-electron chi connectivity index (χ1n) is 16.4. The number of hydrogen-bond donors (Lipinski definition) is 1. The van der Waals surface area contributed by atoms with Gasteiger partial charge in [-0.3, -0.25) is 13.9 Å². The maximum atomic E-state index is 15.2. The van der Waals surface area contributed by atoms with Crippen LogP contribution in [0.2, 0.25) is 0 Å². The minimum Gasteiger partial charge on any atom is -0.497 e. The summed E-state index contributed by atoms with van der Waals surface area (Å²) in [4.78, 5) is 30.2. The lowest BCUT2D eigenvalue weighted by Crippen LogP contribution is -2.55. The van der Waals surface area contributed by atoms with Gasteiger partial charge in [-0.25, -0.2) is 12.8 Å². The zero-order valence-corrected chi connectivity index (χ0v) is 28.6. The molecule has 1 aliphatic carbocycles. The molecule has 0 heterocycles. The normalized spacial score (nSPS) is 14.0. The lowest BCUT2D eigenvalue weighted by atomic mass is 9.94. The van der Waals surface area contributed by atoms with Crippen LogP contribution in [0.4, 0.5) is 10.1 Å². The van der Waals surface area contributed by atoms with Crippen LogP contribution in [0.25, 0.3) is 0 Å². The summed E-state index contributed by atoms with van der Waals surface area (Å²) in [6, 6.07) is 26.6. The summed E-state index contributed by atoms with van der Waals surface area (Å²) in [5.41, 5.74) is 1.05. The van der Waals surface area contributed by atoms with Gasteiger partial charge in [0.25, 0.3) is 10.0 Å². The van der Waals surface area contributed by atoms with Crippen LogP contribution >= 0.6 is 0 Å². The Morgan fingerprint density at radius 1 is 0.857 bits per heavy atom. The summed E-state index contributed by atoms with van der Waals surface area (Å²) < 4.78 is 55.8. The SMILES string of the molecule is COc1ccc(OC)c(N(CC(=O)N(Cc2ccccc2F)C(Cc2ccccc2)C(=O)NC2CCCCC2)S(=O)(=O)c2ccccc2)c1. The summed E-state index contributed by atoms with van der Waals surface area (Å²) in [6.07, 6.45) is 4.85. The number of nitrogens with one attached hydrogen (secondary N) is 1. The third-order valence-corrected chi connectivity index (χ3v) is 10.6. The largest absolute Gasteiger partial charge is 0.497 e. The first-order valence-corrected chi connectivity index (χ1v) is 17.8. The minimum atomic E-state index is -4.37. The molecule has 0 bridgehead atoms. The van der Waals surface area contributed by atoms with E-state index in [1.54, 1.807) is 48.5 Å². The summed E-state index contributed by atoms with van der Waals surface area (Å²) >= 11 is 0. The molecule has 0 aromatic heterocycles. The van der Waals surface area contributed by atoms with Crippen LogP contribution in [0.1, 0.15) is 43.2 Å². The Bertz CT molecular complexity index is 1820. The topological polar surface area (TPSA) is 105 Å². The number of sulfonamides is 1. The second kappa shape index (κ2) is 16.5. The predicted molar refractivity (Wildman–Crippen MR) is 186 cm³/mol. The number of amides is 2. The van der Waals surface area contributed by atoms with Crippen molar-refractivity contribution < 1.29 is 31.9 Å². The molecule has 49 heavy (non-hydrogen) atoms. The number of benzene rings is 4. The molecule has 4 aromatic rings. The van der Waals surface area contributed by atoms with Crippen molar-refractivity contribution in [1.82, 2.24) is 10.2 Å². The molecule has 0 spiro atoms. The highest BCUT2D eigenvalue weighted by Crippen LogP contribution is 2.36. The van der Waals surface area contributed by atoms with Gasteiger partial charge in [0.1, 0.15) is 29.9 Å². The van der Waals surface area contributed by atoms with Gasteiger partial charge in [0.15, 0.2) is 0 Å². The average Bonchev–Trinajstić information content (AvgIpc) is 3.13. The predicted octanol–water partition coefficient (Wildman–Crippen LogP) is 6.13. The Morgan fingerprint density at radius 2 is 1.51 bits per heavy atom. The lowest BCUT2D eigenvalue weighted by molar-refractivity contribution is -0.140. The molecular weight excluding hydrogens is 645 g/mol. The molecule has 9 nitrogen and oxygen atoms in total. The number of ether oxygens (including phenoxy) is 2. The molecule has 0 radical (unpaired) electrons. The van der Waals surface area contributed by atoms with Gasteiger partial charge >= 0.3 is 0 Å². The first kappa shape index (κ1) is 35.4. The number of hydrogen-bond acceptors (Lipinski definition) is 6. The standard InChI is InChI=1S/C38H42FN3O6S/c1-47-31-22-23-36(48-2)34(25-31)42(49(45,46)32-19-10-5-11-20-32)27-37(43)41(26-29-16-12-13-21-33(29)39)35(24-28-14-6-3-7-15-28)38(44)40-30-17-8-4-9-18-30/h3,5-7,10-16,19-23,25,30,35H,4,8-9,17-18,24,26-27H2,1-2H3,(H,40,44). The highest BCUT2D eigenvalue weighted by atomic mass is 32.2. The zero-order valence-electron chi connectivity index (χ0n) is 27.8. The summed E-state index contributed by atoms with van der Waals surface area (Å²) in [7, 11) is -1.53. The Labute approximate surface area is 287 Å². The van der Waals surface area contributed by atoms with Crippen LogP contribution in [0.5, 0.6) is 11.5 Å². The van der Waals surface area contributed by atoms with E-state index in [4.69, 9.17) is 9.47 Å². The highest BCUT2D eigenvalue weighted by molar-refractivity contribution is 7.92. The quantitative estimate of drug-likeness (QED) is 0.171. The van der Waals surface area contributed by atoms with Gasteiger partial charge in [0.05, 0.1) is 24.8 Å². The van der Waals surface area contributed by atoms with Crippen molar-refractivity contribution in [3.8, 4) is 11.5 Å². The van der Waals surface area contributed by atoms with Crippen molar-refractivity contribution in [2.24, 2.45) is 0 Å². The smallest absolute Gasteiger partial charge is 0.264 e. The van der Waals surface area contributed by atoms with Gasteiger partial charge in [-0.2, -0.15) is 0 Å². The molecule has 1 fully saturated rings. The molecule has 2 amide bonds. The van der Waals surface area contributed by atoms with E-state index in [1.807, 2.05) is 30.3 Å². The van der Waals surface area contributed by atoms with Gasteiger partial charge < -0.3 is 19.7 Å². The first-order chi connectivity index (χ1) is 23.7. The summed E-state index contributed by atoms with van der Waals surface area (Å²) in [6.45, 7) is -0.979. The van der Waals surface area contributed by atoms with Crippen LogP contribution in [0, 0.1) is 5.82 Å². The van der Waals surface area contributed by atoms with E-state index in [2.05, 4.69) is 5.32 Å². The van der Waals surface area contributed by atoms with Gasteiger partial charge in [-0.1, -0.05) is 86.0 Å². The lowest BCUT2D eigenvalue weighted by Gasteiger charge is -2.35. The van der Waals surface area contributed by atoms with Crippen LogP contribution in [0.15, 0.2) is 108 Å². The molecule has 5 rings (SSSR count). The highest BCUT2D eigenvalue weighted by Gasteiger charge is 2.36. The summed E-state index contributed by atoms with van der Waals surface area (Å²) in [5.74, 6) is -1.10. The fourth-order valence-electron chi connectivity index (χ4n) is 6.13. The second-order valence-corrected chi connectivity index (χ2v) is 13.9. The van der Waals surface area contributed by atoms with Crippen molar-refractivity contribution >= 4 is 27.5 Å². The van der Waals surface area contributed by atoms with Crippen LogP contribution in [0.3, 0.4) is 0 Å². The zero-order chi connectivity index (χ0) is 34.8. The van der Waals surface area contributed by atoms with E-state index >= 15 is 4.39 Å². The number of halogens is 1. The van der Waals surface area contributed by atoms with Crippen molar-refractivity contribution in [2.45, 2.75) is 62.0 Å². The Hall–Kier alpha value is -4.90. The molecule has 1 atom stereocenters. The molecule has 0 aliphatic heterocycles. The number of carbonyl (C=O) groups is 2. The van der Waals surface area contributed by atoms with E-state index in [0.717, 1.165) is 42.0 Å². The summed E-state index contributed by atoms with van der Waals surface area (Å²) in [5, 5.41) is 3.15. The van der Waals surface area contributed by atoms with Crippen LogP contribution in [-0.4, -0.2) is 58.0 Å². The van der Waals surface area contributed by atoms with E-state index in [-0.39, 0.29) is 46.8 Å². The van der Waals surface area contributed by atoms with Crippen molar-refractivity contribution in [3.05, 3.63) is 120 Å².